The van der Waals surface area contributed by atoms with Crippen molar-refractivity contribution in [3.05, 3.63) is 81.9 Å². The molecule has 6 nitrogen and oxygen atoms in total. The minimum Gasteiger partial charge on any atom is -0.497 e. The highest BCUT2D eigenvalue weighted by atomic mass is 16.6. The van der Waals surface area contributed by atoms with E-state index in [-0.39, 0.29) is 10.6 Å². The van der Waals surface area contributed by atoms with E-state index >= 15 is 0 Å². The molecule has 0 radical (unpaired) electrons. The van der Waals surface area contributed by atoms with Gasteiger partial charge in [0.2, 0.25) is 0 Å². The van der Waals surface area contributed by atoms with Gasteiger partial charge in [-0.3, -0.25) is 10.1 Å². The Hall–Kier alpha value is -3.80. The van der Waals surface area contributed by atoms with Crippen LogP contribution in [0.15, 0.2) is 60.7 Å². The van der Waals surface area contributed by atoms with Gasteiger partial charge in [0, 0.05) is 17.3 Å². The van der Waals surface area contributed by atoms with Gasteiger partial charge in [0.15, 0.2) is 0 Å². The first-order valence-electron chi connectivity index (χ1n) is 9.40. The molecule has 0 saturated heterocycles. The Morgan fingerprint density at radius 2 is 1.23 bits per heavy atom. The van der Waals surface area contributed by atoms with E-state index in [2.05, 4.69) is 0 Å². The fourth-order valence-electron chi connectivity index (χ4n) is 3.35. The van der Waals surface area contributed by atoms with Crippen molar-refractivity contribution in [3.8, 4) is 11.5 Å². The van der Waals surface area contributed by atoms with Crippen LogP contribution in [0.25, 0.3) is 21.5 Å². The average Bonchev–Trinajstić information content (AvgIpc) is 2.76. The van der Waals surface area contributed by atoms with E-state index in [0.717, 1.165) is 33.2 Å². The third-order valence-electron chi connectivity index (χ3n) is 5.21. The lowest BCUT2D eigenvalue weighted by Gasteiger charge is -2.07. The van der Waals surface area contributed by atoms with Crippen LogP contribution in [0.1, 0.15) is 11.1 Å². The van der Waals surface area contributed by atoms with Crippen LogP contribution in [0, 0.1) is 24.0 Å². The second kappa shape index (κ2) is 8.69. The maximum absolute atomic E-state index is 10.8. The summed E-state index contributed by atoms with van der Waals surface area (Å²) in [4.78, 5) is 10.4. The van der Waals surface area contributed by atoms with E-state index in [1.165, 1.54) is 11.5 Å². The molecule has 6 heteroatoms. The number of nitrogens with zero attached hydrogens (tertiary/aromatic N) is 1. The van der Waals surface area contributed by atoms with Crippen molar-refractivity contribution in [3.63, 3.8) is 0 Å². The first-order valence-corrected chi connectivity index (χ1v) is 9.40. The van der Waals surface area contributed by atoms with Crippen LogP contribution in [-0.4, -0.2) is 19.1 Å². The van der Waals surface area contributed by atoms with Gasteiger partial charge in [0.1, 0.15) is 11.5 Å². The molecular weight excluding hydrogens is 380 g/mol. The van der Waals surface area contributed by atoms with E-state index < -0.39 is 0 Å². The van der Waals surface area contributed by atoms with Gasteiger partial charge in [-0.1, -0.05) is 18.2 Å². The zero-order valence-electron chi connectivity index (χ0n) is 17.4. The van der Waals surface area contributed by atoms with Crippen molar-refractivity contribution in [2.75, 3.05) is 20.0 Å². The predicted octanol–water partition coefficient (Wildman–Crippen LogP) is 5.80. The van der Waals surface area contributed by atoms with Gasteiger partial charge in [0.05, 0.1) is 19.1 Å². The molecule has 0 spiro atoms. The SMILES string of the molecule is COc1ccc2ccc(N)c(C)c2c1.COc1ccc2ccc([N+](=O)[O-])c(C)c2c1. The molecule has 0 bridgehead atoms. The third kappa shape index (κ3) is 4.12. The number of nitro groups is 1. The van der Waals surface area contributed by atoms with E-state index in [4.69, 9.17) is 15.2 Å². The molecule has 4 rings (SSSR count). The third-order valence-corrected chi connectivity index (χ3v) is 5.21. The van der Waals surface area contributed by atoms with Crippen molar-refractivity contribution < 1.29 is 14.4 Å². The van der Waals surface area contributed by atoms with Crippen LogP contribution in [-0.2, 0) is 0 Å². The summed E-state index contributed by atoms with van der Waals surface area (Å²) in [5.41, 5.74) is 8.58. The molecule has 0 aromatic heterocycles. The van der Waals surface area contributed by atoms with Crippen LogP contribution in [0.4, 0.5) is 11.4 Å². The van der Waals surface area contributed by atoms with Crippen LogP contribution < -0.4 is 15.2 Å². The summed E-state index contributed by atoms with van der Waals surface area (Å²) in [5.74, 6) is 1.57. The minimum atomic E-state index is -0.367. The monoisotopic (exact) mass is 404 g/mol. The maximum atomic E-state index is 10.8. The van der Waals surface area contributed by atoms with Gasteiger partial charge in [-0.2, -0.15) is 0 Å². The zero-order valence-corrected chi connectivity index (χ0v) is 17.4. The number of nitrogen functional groups attached to an aromatic ring is 1. The van der Waals surface area contributed by atoms with Gasteiger partial charge in [-0.15, -0.1) is 0 Å². The molecule has 154 valence electrons. The van der Waals surface area contributed by atoms with Gasteiger partial charge < -0.3 is 15.2 Å². The number of ether oxygens (including phenoxy) is 2. The van der Waals surface area contributed by atoms with Gasteiger partial charge in [0.25, 0.3) is 5.69 Å². The fraction of sp³-hybridized carbons (Fsp3) is 0.167. The second-order valence-electron chi connectivity index (χ2n) is 6.92. The summed E-state index contributed by atoms with van der Waals surface area (Å²) < 4.78 is 10.3. The Bertz CT molecular complexity index is 1240. The molecule has 0 aliphatic rings. The highest BCUT2D eigenvalue weighted by Crippen LogP contribution is 2.30. The van der Waals surface area contributed by atoms with Crippen molar-refractivity contribution in [2.24, 2.45) is 0 Å². The molecule has 2 N–H and O–H groups in total. The van der Waals surface area contributed by atoms with E-state index in [0.29, 0.717) is 11.3 Å². The molecule has 4 aromatic carbocycles. The van der Waals surface area contributed by atoms with Crippen molar-refractivity contribution in [2.45, 2.75) is 13.8 Å². The lowest BCUT2D eigenvalue weighted by atomic mass is 10.0. The molecule has 0 saturated carbocycles. The Balaban J connectivity index is 0.000000172. The Kier molecular flexibility index (Phi) is 6.06. The lowest BCUT2D eigenvalue weighted by molar-refractivity contribution is -0.385. The van der Waals surface area contributed by atoms with E-state index in [1.54, 1.807) is 27.2 Å². The molecule has 0 aliphatic heterocycles. The Morgan fingerprint density at radius 1 is 0.767 bits per heavy atom. The summed E-state index contributed by atoms with van der Waals surface area (Å²) in [6.07, 6.45) is 0. The molecule has 0 unspecified atom stereocenters. The van der Waals surface area contributed by atoms with Crippen molar-refractivity contribution in [1.82, 2.24) is 0 Å². The standard InChI is InChI=1S/C12H11NO3.C12H13NO/c1-8-11-7-10(16-2)5-3-9(11)4-6-12(8)13(14)15;1-8-11-7-10(14-2)5-3-9(11)4-6-12(8)13/h3-7H,1-2H3;3-7H,13H2,1-2H3. The number of rotatable bonds is 3. The summed E-state index contributed by atoms with van der Waals surface area (Å²) >= 11 is 0. The average molecular weight is 404 g/mol. The summed E-state index contributed by atoms with van der Waals surface area (Å²) in [5, 5.41) is 15.0. The number of nitro benzene ring substituents is 1. The minimum absolute atomic E-state index is 0.140. The quantitative estimate of drug-likeness (QED) is 0.265. The van der Waals surface area contributed by atoms with Crippen LogP contribution in [0.5, 0.6) is 11.5 Å². The lowest BCUT2D eigenvalue weighted by Crippen LogP contribution is -1.92. The summed E-state index contributed by atoms with van der Waals surface area (Å²) in [7, 11) is 3.25. The highest BCUT2D eigenvalue weighted by Gasteiger charge is 2.13. The predicted molar refractivity (Wildman–Crippen MR) is 122 cm³/mol. The molecule has 0 aliphatic carbocycles. The Labute approximate surface area is 175 Å². The fourth-order valence-corrected chi connectivity index (χ4v) is 3.35. The molecular formula is C24H24N2O4. The maximum Gasteiger partial charge on any atom is 0.272 e. The van der Waals surface area contributed by atoms with E-state index in [9.17, 15) is 10.1 Å². The number of methoxy groups -OCH3 is 2. The van der Waals surface area contributed by atoms with Crippen LogP contribution in [0.3, 0.4) is 0 Å². The van der Waals surface area contributed by atoms with E-state index in [1.807, 2.05) is 55.5 Å². The number of nitrogens with two attached hydrogens (primary N) is 1. The molecule has 0 heterocycles. The topological polar surface area (TPSA) is 87.6 Å². The zero-order chi connectivity index (χ0) is 21.8. The molecule has 0 atom stereocenters. The second-order valence-corrected chi connectivity index (χ2v) is 6.92. The summed E-state index contributed by atoms with van der Waals surface area (Å²) in [6.45, 7) is 3.77. The molecule has 0 fully saturated rings. The first kappa shape index (κ1) is 20.9. The number of hydrogen-bond acceptors (Lipinski definition) is 5. The molecule has 30 heavy (non-hydrogen) atoms. The Morgan fingerprint density at radius 3 is 1.73 bits per heavy atom. The first-order chi connectivity index (χ1) is 14.3. The van der Waals surface area contributed by atoms with Crippen molar-refractivity contribution >= 4 is 32.9 Å². The number of aryl methyl sites for hydroxylation is 2. The largest absolute Gasteiger partial charge is 0.497 e. The van der Waals surface area contributed by atoms with Gasteiger partial charge in [-0.05, 0) is 77.4 Å². The summed E-state index contributed by atoms with van der Waals surface area (Å²) in [6, 6.07) is 18.8. The van der Waals surface area contributed by atoms with Crippen molar-refractivity contribution in [1.29, 1.82) is 0 Å². The molecule has 4 aromatic rings. The number of fused-ring (bicyclic) bond motifs is 2. The van der Waals surface area contributed by atoms with Gasteiger partial charge >= 0.3 is 0 Å². The number of benzene rings is 4. The highest BCUT2D eigenvalue weighted by molar-refractivity contribution is 5.91. The van der Waals surface area contributed by atoms with Crippen LogP contribution in [0.2, 0.25) is 0 Å². The molecule has 0 amide bonds. The smallest absolute Gasteiger partial charge is 0.272 e. The van der Waals surface area contributed by atoms with Crippen LogP contribution >= 0.6 is 0 Å². The van der Waals surface area contributed by atoms with Gasteiger partial charge in [-0.25, -0.2) is 0 Å². The normalized spacial score (nSPS) is 10.4. The number of anilines is 1. The number of hydrogen-bond donors (Lipinski definition) is 1.